The number of benzene rings is 1. The predicted molar refractivity (Wildman–Crippen MR) is 77.2 cm³/mol. The molecule has 0 saturated heterocycles. The van der Waals surface area contributed by atoms with Crippen LogP contribution in [-0.2, 0) is 23.9 Å². The summed E-state index contributed by atoms with van der Waals surface area (Å²) in [6.45, 7) is 3.20. The number of nitrogens with zero attached hydrogens (tertiary/aromatic N) is 1. The molecule has 0 heterocycles. The first kappa shape index (κ1) is 18.9. The Kier molecular flexibility index (Phi) is 6.22. The van der Waals surface area contributed by atoms with E-state index in [0.29, 0.717) is 0 Å². The van der Waals surface area contributed by atoms with Gasteiger partial charge < -0.3 is 18.9 Å². The van der Waals surface area contributed by atoms with Gasteiger partial charge in [-0.05, 0) is 0 Å². The van der Waals surface area contributed by atoms with E-state index in [1.54, 1.807) is 0 Å². The summed E-state index contributed by atoms with van der Waals surface area (Å²) in [5, 5.41) is 11.0. The molecule has 24 heavy (non-hydrogen) atoms. The van der Waals surface area contributed by atoms with Gasteiger partial charge in [-0.3, -0.25) is 24.5 Å². The average molecular weight is 341 g/mol. The Morgan fingerprint density at radius 2 is 1.58 bits per heavy atom. The van der Waals surface area contributed by atoms with E-state index >= 15 is 0 Å². The van der Waals surface area contributed by atoms with Gasteiger partial charge in [0.25, 0.3) is 12.0 Å². The van der Waals surface area contributed by atoms with Gasteiger partial charge in [0.2, 0.25) is 0 Å². The number of hydrogen-bond acceptors (Lipinski definition) is 9. The molecular formula is C14H15NO9. The van der Waals surface area contributed by atoms with Crippen molar-refractivity contribution in [3.8, 4) is 11.5 Å². The second-order valence-electron chi connectivity index (χ2n) is 4.47. The summed E-state index contributed by atoms with van der Waals surface area (Å²) in [4.78, 5) is 44.1. The molecule has 1 rings (SSSR count). The second-order valence-corrected chi connectivity index (χ2v) is 4.47. The van der Waals surface area contributed by atoms with E-state index < -0.39 is 34.8 Å². The van der Waals surface area contributed by atoms with E-state index in [0.717, 1.165) is 32.9 Å². The Hall–Kier alpha value is -3.17. The average Bonchev–Trinajstić information content (AvgIpc) is 2.44. The van der Waals surface area contributed by atoms with E-state index in [1.807, 2.05) is 0 Å². The number of nitro groups is 1. The van der Waals surface area contributed by atoms with Gasteiger partial charge in [0, 0.05) is 26.8 Å². The molecule has 0 radical (unpaired) electrons. The summed E-state index contributed by atoms with van der Waals surface area (Å²) in [5.41, 5.74) is -0.663. The standard InChI is InChI=1S/C14H15NO9/c1-7(16)22-13-11(14(23-8(2)17)24-9(3)18)5-10(15(19)20)6-12(13)21-4/h5-6,14H,1-4H3. The minimum absolute atomic E-state index is 0.168. The number of non-ortho nitro benzene ring substituents is 1. The Labute approximate surface area is 136 Å². The molecule has 0 aliphatic heterocycles. The Morgan fingerprint density at radius 1 is 1.04 bits per heavy atom. The van der Waals surface area contributed by atoms with Gasteiger partial charge in [-0.25, -0.2) is 0 Å². The fourth-order valence-electron chi connectivity index (χ4n) is 1.75. The number of hydrogen-bond donors (Lipinski definition) is 0. The minimum atomic E-state index is -1.65. The third kappa shape index (κ3) is 4.93. The van der Waals surface area contributed by atoms with Crippen molar-refractivity contribution in [3.63, 3.8) is 0 Å². The highest BCUT2D eigenvalue weighted by Crippen LogP contribution is 2.40. The zero-order chi connectivity index (χ0) is 18.4. The van der Waals surface area contributed by atoms with E-state index in [2.05, 4.69) is 0 Å². The predicted octanol–water partition coefficient (Wildman–Crippen LogP) is 1.65. The Balaban J connectivity index is 3.59. The van der Waals surface area contributed by atoms with Crippen LogP contribution in [-0.4, -0.2) is 29.9 Å². The molecule has 0 spiro atoms. The van der Waals surface area contributed by atoms with Crippen LogP contribution in [0.15, 0.2) is 12.1 Å². The quantitative estimate of drug-likeness (QED) is 0.249. The third-order valence-electron chi connectivity index (χ3n) is 2.54. The van der Waals surface area contributed by atoms with Crippen LogP contribution in [0.1, 0.15) is 32.6 Å². The summed E-state index contributed by atoms with van der Waals surface area (Å²) in [7, 11) is 1.20. The summed E-state index contributed by atoms with van der Waals surface area (Å²) >= 11 is 0. The highest BCUT2D eigenvalue weighted by molar-refractivity contribution is 5.73. The number of carbonyl (C=O) groups is 3. The molecule has 0 aliphatic rings. The smallest absolute Gasteiger partial charge is 0.308 e. The molecule has 0 fully saturated rings. The lowest BCUT2D eigenvalue weighted by molar-refractivity contribution is -0.385. The van der Waals surface area contributed by atoms with Crippen LogP contribution in [0.5, 0.6) is 11.5 Å². The van der Waals surface area contributed by atoms with Crippen molar-refractivity contribution in [2.45, 2.75) is 27.1 Å². The Morgan fingerprint density at radius 3 is 1.96 bits per heavy atom. The molecule has 0 bridgehead atoms. The minimum Gasteiger partial charge on any atom is -0.493 e. The molecule has 1 aromatic carbocycles. The van der Waals surface area contributed by atoms with Gasteiger partial charge in [0.15, 0.2) is 11.5 Å². The van der Waals surface area contributed by atoms with Crippen LogP contribution in [0.25, 0.3) is 0 Å². The molecule has 10 heteroatoms. The number of carbonyl (C=O) groups excluding carboxylic acids is 3. The molecular weight excluding hydrogens is 326 g/mol. The normalized spacial score (nSPS) is 10.0. The molecule has 10 nitrogen and oxygen atoms in total. The number of esters is 3. The Bertz CT molecular complexity index is 667. The highest BCUT2D eigenvalue weighted by Gasteiger charge is 2.29. The van der Waals surface area contributed by atoms with Gasteiger partial charge in [-0.1, -0.05) is 0 Å². The largest absolute Gasteiger partial charge is 0.493 e. The summed E-state index contributed by atoms with van der Waals surface area (Å²) in [6, 6.07) is 1.97. The first-order chi connectivity index (χ1) is 11.1. The number of ether oxygens (including phenoxy) is 4. The topological polar surface area (TPSA) is 131 Å². The van der Waals surface area contributed by atoms with Crippen molar-refractivity contribution in [1.29, 1.82) is 0 Å². The molecule has 0 amide bonds. The van der Waals surface area contributed by atoms with Crippen LogP contribution in [0.3, 0.4) is 0 Å². The third-order valence-corrected chi connectivity index (χ3v) is 2.54. The van der Waals surface area contributed by atoms with Crippen molar-refractivity contribution in [1.82, 2.24) is 0 Å². The van der Waals surface area contributed by atoms with Gasteiger partial charge in [-0.15, -0.1) is 0 Å². The van der Waals surface area contributed by atoms with Gasteiger partial charge in [-0.2, -0.15) is 0 Å². The summed E-state index contributed by atoms with van der Waals surface area (Å²) < 4.78 is 19.7. The van der Waals surface area contributed by atoms with Crippen LogP contribution in [0, 0.1) is 10.1 Å². The van der Waals surface area contributed by atoms with E-state index in [1.165, 1.54) is 7.11 Å². The fourth-order valence-corrected chi connectivity index (χ4v) is 1.75. The molecule has 0 aromatic heterocycles. The van der Waals surface area contributed by atoms with Crippen molar-refractivity contribution in [2.24, 2.45) is 0 Å². The first-order valence-corrected chi connectivity index (χ1v) is 6.54. The van der Waals surface area contributed by atoms with Crippen molar-refractivity contribution >= 4 is 23.6 Å². The molecule has 0 saturated carbocycles. The first-order valence-electron chi connectivity index (χ1n) is 6.54. The van der Waals surface area contributed by atoms with Crippen LogP contribution in [0.4, 0.5) is 5.69 Å². The van der Waals surface area contributed by atoms with Gasteiger partial charge >= 0.3 is 17.9 Å². The van der Waals surface area contributed by atoms with Crippen LogP contribution in [0.2, 0.25) is 0 Å². The van der Waals surface area contributed by atoms with Crippen molar-refractivity contribution < 1.29 is 38.3 Å². The maximum atomic E-state index is 11.3. The van der Waals surface area contributed by atoms with Crippen molar-refractivity contribution in [2.75, 3.05) is 7.11 Å². The van der Waals surface area contributed by atoms with Crippen LogP contribution >= 0.6 is 0 Å². The zero-order valence-electron chi connectivity index (χ0n) is 13.4. The summed E-state index contributed by atoms with van der Waals surface area (Å²) in [6.07, 6.45) is -1.65. The van der Waals surface area contributed by atoms with Crippen molar-refractivity contribution in [3.05, 3.63) is 27.8 Å². The number of methoxy groups -OCH3 is 1. The SMILES string of the molecule is COc1cc([N+](=O)[O-])cc(C(OC(C)=O)OC(C)=O)c1OC(C)=O. The lowest BCUT2D eigenvalue weighted by Crippen LogP contribution is -2.17. The molecule has 130 valence electrons. The van der Waals surface area contributed by atoms with Gasteiger partial charge in [0.05, 0.1) is 23.7 Å². The number of nitro benzene ring substituents is 1. The second kappa shape index (κ2) is 7.90. The monoisotopic (exact) mass is 341 g/mol. The molecule has 0 unspecified atom stereocenters. The van der Waals surface area contributed by atoms with E-state index in [4.69, 9.17) is 18.9 Å². The van der Waals surface area contributed by atoms with Crippen LogP contribution < -0.4 is 9.47 Å². The molecule has 1 aromatic rings. The summed E-state index contributed by atoms with van der Waals surface area (Å²) in [5.74, 6) is -2.82. The highest BCUT2D eigenvalue weighted by atomic mass is 16.7. The lowest BCUT2D eigenvalue weighted by atomic mass is 10.1. The fraction of sp³-hybridized carbons (Fsp3) is 0.357. The van der Waals surface area contributed by atoms with Gasteiger partial charge in [0.1, 0.15) is 0 Å². The maximum Gasteiger partial charge on any atom is 0.308 e. The molecule has 0 atom stereocenters. The van der Waals surface area contributed by atoms with E-state index in [-0.39, 0.29) is 17.1 Å². The maximum absolute atomic E-state index is 11.3. The van der Waals surface area contributed by atoms with E-state index in [9.17, 15) is 24.5 Å². The zero-order valence-corrected chi connectivity index (χ0v) is 13.4. The number of rotatable bonds is 6. The molecule has 0 N–H and O–H groups in total. The lowest BCUT2D eigenvalue weighted by Gasteiger charge is -2.20. The molecule has 0 aliphatic carbocycles.